The molecule has 1 saturated heterocycles. The minimum Gasteiger partial charge on any atom is -0.369 e. The Bertz CT molecular complexity index is 1390. The normalized spacial score (nSPS) is 18.7. The number of halogens is 1. The van der Waals surface area contributed by atoms with Gasteiger partial charge in [0.25, 0.3) is 0 Å². The Labute approximate surface area is 220 Å². The zero-order valence-corrected chi connectivity index (χ0v) is 21.9. The van der Waals surface area contributed by atoms with Gasteiger partial charge in [-0.3, -0.25) is 14.4 Å². The van der Waals surface area contributed by atoms with Gasteiger partial charge in [-0.05, 0) is 61.2 Å². The summed E-state index contributed by atoms with van der Waals surface area (Å²) in [5.41, 5.74) is 5.39. The second-order valence-corrected chi connectivity index (χ2v) is 11.7. The third-order valence-electron chi connectivity index (χ3n) is 6.81. The molecule has 2 aromatic carbocycles. The molecule has 196 valence electrons. The lowest BCUT2D eigenvalue weighted by Crippen LogP contribution is -2.52. The van der Waals surface area contributed by atoms with Gasteiger partial charge in [0, 0.05) is 24.2 Å². The van der Waals surface area contributed by atoms with Gasteiger partial charge >= 0.3 is 0 Å². The number of likely N-dealkylation sites (tertiary alicyclic amines) is 1. The predicted molar refractivity (Wildman–Crippen MR) is 137 cm³/mol. The molecule has 12 heteroatoms. The fourth-order valence-corrected chi connectivity index (χ4v) is 6.54. The lowest BCUT2D eigenvalue weighted by molar-refractivity contribution is -0.144. The molecule has 2 atom stereocenters. The molecular weight excluding hydrogens is 518 g/mol. The van der Waals surface area contributed by atoms with Crippen LogP contribution in [0.15, 0.2) is 41.3 Å². The summed E-state index contributed by atoms with van der Waals surface area (Å²) >= 11 is 6.02. The molecule has 4 rings (SSSR count). The lowest BCUT2D eigenvalue weighted by atomic mass is 10.1. The van der Waals surface area contributed by atoms with E-state index in [2.05, 4.69) is 0 Å². The summed E-state index contributed by atoms with van der Waals surface area (Å²) in [6, 6.07) is 9.58. The number of rotatable bonds is 10. The summed E-state index contributed by atoms with van der Waals surface area (Å²) in [5, 5.41) is 10.8. The van der Waals surface area contributed by atoms with E-state index < -0.39 is 40.5 Å². The van der Waals surface area contributed by atoms with Crippen LogP contribution in [0.4, 0.5) is 0 Å². The van der Waals surface area contributed by atoms with Crippen molar-refractivity contribution in [1.82, 2.24) is 14.1 Å². The highest BCUT2D eigenvalue weighted by Crippen LogP contribution is 2.31. The molecule has 1 heterocycles. The largest absolute Gasteiger partial charge is 0.369 e. The summed E-state index contributed by atoms with van der Waals surface area (Å²) in [5.74, 6) is -1.73. The first-order valence-corrected chi connectivity index (χ1v) is 13.8. The van der Waals surface area contributed by atoms with Crippen LogP contribution < -0.4 is 5.73 Å². The van der Waals surface area contributed by atoms with Gasteiger partial charge in [-0.2, -0.15) is 9.57 Å². The van der Waals surface area contributed by atoms with Crippen molar-refractivity contribution >= 4 is 50.1 Å². The molecule has 1 aliphatic carbocycles. The summed E-state index contributed by atoms with van der Waals surface area (Å²) in [6.07, 6.45) is 1.99. The minimum absolute atomic E-state index is 0.0614. The first-order valence-electron chi connectivity index (χ1n) is 12.0. The fourth-order valence-electron chi connectivity index (χ4n) is 4.75. The molecule has 2 fully saturated rings. The van der Waals surface area contributed by atoms with Crippen molar-refractivity contribution in [1.29, 1.82) is 5.26 Å². The maximum absolute atomic E-state index is 13.7. The first kappa shape index (κ1) is 26.9. The number of primary amides is 1. The van der Waals surface area contributed by atoms with Gasteiger partial charge in [0.05, 0.1) is 23.9 Å². The SMILES string of the molecule is C[C@@H](C(=O)N(CCC#N)C1CC1)N1CC[C@H](N(CC(N)=O)S(=O)(=O)c2ccc3cc(Cl)ccc3c2)C1=O. The van der Waals surface area contributed by atoms with Gasteiger partial charge in [0.1, 0.15) is 12.1 Å². The molecule has 37 heavy (non-hydrogen) atoms. The number of sulfonamides is 1. The Morgan fingerprint density at radius 3 is 2.51 bits per heavy atom. The van der Waals surface area contributed by atoms with E-state index in [0.29, 0.717) is 10.4 Å². The van der Waals surface area contributed by atoms with E-state index >= 15 is 0 Å². The Morgan fingerprint density at radius 1 is 1.19 bits per heavy atom. The van der Waals surface area contributed by atoms with E-state index in [1.807, 2.05) is 6.07 Å². The van der Waals surface area contributed by atoms with Crippen molar-refractivity contribution in [2.45, 2.75) is 55.6 Å². The third kappa shape index (κ3) is 5.56. The number of carbonyl (C=O) groups excluding carboxylic acids is 3. The molecule has 0 unspecified atom stereocenters. The average molecular weight is 546 g/mol. The van der Waals surface area contributed by atoms with E-state index in [1.54, 1.807) is 36.1 Å². The van der Waals surface area contributed by atoms with Crippen LogP contribution in [0.2, 0.25) is 5.02 Å². The number of nitrogens with two attached hydrogens (primary N) is 1. The third-order valence-corrected chi connectivity index (χ3v) is 8.90. The Morgan fingerprint density at radius 2 is 1.86 bits per heavy atom. The average Bonchev–Trinajstić information content (AvgIpc) is 3.63. The van der Waals surface area contributed by atoms with Crippen molar-refractivity contribution in [3.05, 3.63) is 41.4 Å². The number of nitriles is 1. The Balaban J connectivity index is 1.59. The summed E-state index contributed by atoms with van der Waals surface area (Å²) in [4.78, 5) is 41.4. The number of carbonyl (C=O) groups is 3. The Kier molecular flexibility index (Phi) is 7.73. The highest BCUT2D eigenvalue weighted by atomic mass is 35.5. The van der Waals surface area contributed by atoms with Crippen molar-refractivity contribution < 1.29 is 22.8 Å². The molecule has 0 bridgehead atoms. The van der Waals surface area contributed by atoms with E-state index in [0.717, 1.165) is 22.5 Å². The number of fused-ring (bicyclic) bond motifs is 1. The molecule has 3 amide bonds. The van der Waals surface area contributed by atoms with Crippen molar-refractivity contribution in [2.75, 3.05) is 19.6 Å². The number of nitrogens with zero attached hydrogens (tertiary/aromatic N) is 4. The molecular formula is C25H28ClN5O5S. The van der Waals surface area contributed by atoms with Crippen LogP contribution in [-0.4, -0.2) is 78.0 Å². The van der Waals surface area contributed by atoms with Gasteiger partial charge in [0.2, 0.25) is 27.7 Å². The summed E-state index contributed by atoms with van der Waals surface area (Å²) in [6.45, 7) is 1.36. The van der Waals surface area contributed by atoms with Gasteiger partial charge in [-0.25, -0.2) is 8.42 Å². The van der Waals surface area contributed by atoms with Crippen LogP contribution in [0.1, 0.15) is 32.6 Å². The molecule has 1 aliphatic heterocycles. The summed E-state index contributed by atoms with van der Waals surface area (Å²) < 4.78 is 28.2. The van der Waals surface area contributed by atoms with Crippen LogP contribution in [0, 0.1) is 11.3 Å². The standard InChI is InChI=1S/C25H28ClN5O5S/c1-16(24(33)30(11-2-10-27)20-6-7-20)29-12-9-22(25(29)34)31(15-23(28)32)37(35,36)21-8-4-17-13-19(26)5-3-18(17)14-21/h3-5,8,13-14,16,20,22H,2,6-7,9,11-12,15H2,1H3,(H2,28,32)/t16-,22-/m0/s1. The lowest BCUT2D eigenvalue weighted by Gasteiger charge is -2.31. The van der Waals surface area contributed by atoms with Gasteiger partial charge in [0.15, 0.2) is 0 Å². The molecule has 2 aromatic rings. The van der Waals surface area contributed by atoms with Crippen molar-refractivity contribution in [3.63, 3.8) is 0 Å². The minimum atomic E-state index is -4.29. The van der Waals surface area contributed by atoms with E-state index in [-0.39, 0.29) is 42.8 Å². The number of hydrogen-bond acceptors (Lipinski definition) is 6. The van der Waals surface area contributed by atoms with Crippen LogP contribution in [0.25, 0.3) is 10.8 Å². The molecule has 0 spiro atoms. The highest BCUT2D eigenvalue weighted by molar-refractivity contribution is 7.89. The smallest absolute Gasteiger partial charge is 0.245 e. The topological polar surface area (TPSA) is 145 Å². The second-order valence-electron chi connectivity index (χ2n) is 9.35. The van der Waals surface area contributed by atoms with Crippen LogP contribution >= 0.6 is 11.6 Å². The maximum Gasteiger partial charge on any atom is 0.245 e. The van der Waals surface area contributed by atoms with Crippen LogP contribution in [-0.2, 0) is 24.4 Å². The zero-order chi connectivity index (χ0) is 26.9. The number of hydrogen-bond donors (Lipinski definition) is 1. The first-order chi connectivity index (χ1) is 17.5. The monoisotopic (exact) mass is 545 g/mol. The van der Waals surface area contributed by atoms with Gasteiger partial charge < -0.3 is 15.5 Å². The number of benzene rings is 2. The molecule has 1 saturated carbocycles. The maximum atomic E-state index is 13.7. The molecule has 10 nitrogen and oxygen atoms in total. The van der Waals surface area contributed by atoms with E-state index in [9.17, 15) is 22.8 Å². The molecule has 0 aromatic heterocycles. The number of amides is 3. The van der Waals surface area contributed by atoms with Crippen LogP contribution in [0.5, 0.6) is 0 Å². The highest BCUT2D eigenvalue weighted by Gasteiger charge is 2.46. The van der Waals surface area contributed by atoms with Gasteiger partial charge in [-0.1, -0.05) is 23.7 Å². The fraction of sp³-hybridized carbons (Fsp3) is 0.440. The second kappa shape index (κ2) is 10.7. The van der Waals surface area contributed by atoms with E-state index in [4.69, 9.17) is 22.6 Å². The molecule has 2 N–H and O–H groups in total. The van der Waals surface area contributed by atoms with Crippen molar-refractivity contribution in [3.8, 4) is 6.07 Å². The predicted octanol–water partition coefficient (Wildman–Crippen LogP) is 1.86. The summed E-state index contributed by atoms with van der Waals surface area (Å²) in [7, 11) is -4.29. The molecule has 2 aliphatic rings. The quantitative estimate of drug-likeness (QED) is 0.482. The molecule has 0 radical (unpaired) electrons. The van der Waals surface area contributed by atoms with E-state index in [1.165, 1.54) is 17.0 Å². The zero-order valence-electron chi connectivity index (χ0n) is 20.3. The Hall–Kier alpha value is -3.20. The van der Waals surface area contributed by atoms with Crippen molar-refractivity contribution in [2.24, 2.45) is 5.73 Å². The van der Waals surface area contributed by atoms with Gasteiger partial charge in [-0.15, -0.1) is 0 Å². The van der Waals surface area contributed by atoms with Crippen LogP contribution in [0.3, 0.4) is 0 Å².